The van der Waals surface area contributed by atoms with Gasteiger partial charge in [0.1, 0.15) is 0 Å². The standard InChI is InChI=1S/C14H33P3/c1-10-17(11-2,12-3)15-16(13(4,5)6)14(7,8)9/h10-12H2,1-9H3. The fourth-order valence-electron chi connectivity index (χ4n) is 2.32. The molecule has 0 amide bonds. The fourth-order valence-corrected chi connectivity index (χ4v) is 22.5. The van der Waals surface area contributed by atoms with Gasteiger partial charge in [0.25, 0.3) is 0 Å². The van der Waals surface area contributed by atoms with Crippen molar-refractivity contribution >= 4 is 21.7 Å². The van der Waals surface area contributed by atoms with Crippen LogP contribution in [0.3, 0.4) is 0 Å². The summed E-state index contributed by atoms with van der Waals surface area (Å²) in [7, 11) is 1.92. The summed E-state index contributed by atoms with van der Waals surface area (Å²) < 4.78 is 0. The molecule has 0 saturated carbocycles. The van der Waals surface area contributed by atoms with E-state index in [1.165, 1.54) is 18.5 Å². The second-order valence-electron chi connectivity index (χ2n) is 6.79. The Balaban J connectivity index is 5.59. The minimum Gasteiger partial charge on any atom is -0.0794 e. The first kappa shape index (κ1) is 18.2. The van der Waals surface area contributed by atoms with Crippen LogP contribution in [0.1, 0.15) is 62.3 Å². The summed E-state index contributed by atoms with van der Waals surface area (Å²) in [5, 5.41) is 0.972. The van der Waals surface area contributed by atoms with Crippen molar-refractivity contribution in [1.82, 2.24) is 0 Å². The van der Waals surface area contributed by atoms with E-state index < -0.39 is 6.55 Å². The number of hydrogen-bond acceptors (Lipinski definition) is 0. The van der Waals surface area contributed by atoms with Gasteiger partial charge in [0, 0.05) is 0 Å². The van der Waals surface area contributed by atoms with Crippen LogP contribution < -0.4 is 0 Å². The van der Waals surface area contributed by atoms with Crippen molar-refractivity contribution in [2.75, 3.05) is 18.5 Å². The highest BCUT2D eigenvalue weighted by molar-refractivity contribution is 8.39. The normalized spacial score (nSPS) is 14.7. The van der Waals surface area contributed by atoms with Crippen LogP contribution in [-0.2, 0) is 0 Å². The molecule has 0 spiro atoms. The molecule has 3 heteroatoms. The monoisotopic (exact) mass is 294 g/mol. The lowest BCUT2D eigenvalue weighted by molar-refractivity contribution is 0.720. The Morgan fingerprint density at radius 1 is 0.765 bits per heavy atom. The van der Waals surface area contributed by atoms with E-state index in [1.54, 1.807) is 0 Å². The van der Waals surface area contributed by atoms with Crippen LogP contribution >= 0.6 is 21.7 Å². The molecule has 104 valence electrons. The highest BCUT2D eigenvalue weighted by atomic mass is 32.3. The van der Waals surface area contributed by atoms with Crippen LogP contribution in [0.15, 0.2) is 0 Å². The summed E-state index contributed by atoms with van der Waals surface area (Å²) in [6.07, 6.45) is 4.31. The highest BCUT2D eigenvalue weighted by Crippen LogP contribution is 2.77. The smallest absolute Gasteiger partial charge is 0.00983 e. The van der Waals surface area contributed by atoms with E-state index in [4.69, 9.17) is 0 Å². The van der Waals surface area contributed by atoms with E-state index in [2.05, 4.69) is 62.3 Å². The molecule has 0 aliphatic rings. The number of rotatable bonds is 4. The van der Waals surface area contributed by atoms with Crippen molar-refractivity contribution in [2.45, 2.75) is 72.6 Å². The summed E-state index contributed by atoms with van der Waals surface area (Å²) in [6, 6.07) is 0. The molecule has 17 heavy (non-hydrogen) atoms. The first-order valence-corrected chi connectivity index (χ1v) is 12.9. The van der Waals surface area contributed by atoms with Crippen LogP contribution in [0, 0.1) is 0 Å². The minimum atomic E-state index is -0.687. The summed E-state index contributed by atoms with van der Waals surface area (Å²) in [5.74, 6) is 0. The Kier molecular flexibility index (Phi) is 7.00. The quantitative estimate of drug-likeness (QED) is 0.494. The first-order valence-electron chi connectivity index (χ1n) is 6.92. The fraction of sp³-hybridized carbons (Fsp3) is 1.00. The molecule has 0 saturated heterocycles. The Hall–Kier alpha value is 1.16. The molecule has 0 rings (SSSR count). The predicted octanol–water partition coefficient (Wildman–Crippen LogP) is 6.92. The molecule has 0 fully saturated rings. The second kappa shape index (κ2) is 6.55. The summed E-state index contributed by atoms with van der Waals surface area (Å²) in [5.41, 5.74) is 0. The van der Waals surface area contributed by atoms with Gasteiger partial charge >= 0.3 is 0 Å². The molecule has 0 aromatic carbocycles. The van der Waals surface area contributed by atoms with Crippen LogP contribution in [0.5, 0.6) is 0 Å². The third-order valence-electron chi connectivity index (χ3n) is 3.32. The Morgan fingerprint density at radius 2 is 1.06 bits per heavy atom. The van der Waals surface area contributed by atoms with Gasteiger partial charge < -0.3 is 0 Å². The van der Waals surface area contributed by atoms with Crippen molar-refractivity contribution in [3.05, 3.63) is 0 Å². The van der Waals surface area contributed by atoms with E-state index in [-0.39, 0.29) is 7.61 Å². The zero-order chi connectivity index (χ0) is 13.9. The summed E-state index contributed by atoms with van der Waals surface area (Å²) >= 11 is 0. The molecule has 0 bridgehead atoms. The molecule has 0 radical (unpaired) electrons. The minimum absolute atomic E-state index is 0.0734. The van der Waals surface area contributed by atoms with Gasteiger partial charge in [0.2, 0.25) is 0 Å². The van der Waals surface area contributed by atoms with Crippen LogP contribution in [0.4, 0.5) is 0 Å². The second-order valence-corrected chi connectivity index (χ2v) is 20.3. The lowest BCUT2D eigenvalue weighted by atomic mass is 10.2. The lowest BCUT2D eigenvalue weighted by Gasteiger charge is -2.41. The molecule has 0 N–H and O–H groups in total. The maximum Gasteiger partial charge on any atom is -0.00983 e. The topological polar surface area (TPSA) is 0 Å². The molecule has 0 aliphatic heterocycles. The zero-order valence-corrected chi connectivity index (χ0v) is 16.1. The van der Waals surface area contributed by atoms with Gasteiger partial charge in [-0.05, 0) is 36.4 Å². The average molecular weight is 294 g/mol. The summed E-state index contributed by atoms with van der Waals surface area (Å²) in [6.45, 7) is 21.3. The Morgan fingerprint density at radius 3 is 1.24 bits per heavy atom. The molecule has 0 nitrogen and oxygen atoms in total. The van der Waals surface area contributed by atoms with Crippen molar-refractivity contribution in [3.63, 3.8) is 0 Å². The van der Waals surface area contributed by atoms with Crippen LogP contribution in [0.25, 0.3) is 0 Å². The summed E-state index contributed by atoms with van der Waals surface area (Å²) in [4.78, 5) is 0. The van der Waals surface area contributed by atoms with Gasteiger partial charge in [-0.3, -0.25) is 0 Å². The van der Waals surface area contributed by atoms with Crippen molar-refractivity contribution in [3.8, 4) is 0 Å². The maximum atomic E-state index is 2.45. The molecule has 0 aromatic rings. The van der Waals surface area contributed by atoms with Crippen LogP contribution in [0.2, 0.25) is 0 Å². The van der Waals surface area contributed by atoms with Crippen LogP contribution in [-0.4, -0.2) is 28.8 Å². The van der Waals surface area contributed by atoms with E-state index in [0.717, 1.165) is 0 Å². The lowest BCUT2D eigenvalue weighted by Crippen LogP contribution is -2.21. The zero-order valence-electron chi connectivity index (χ0n) is 13.5. The Labute approximate surface area is 113 Å². The Bertz CT molecular complexity index is 246. The van der Waals surface area contributed by atoms with Gasteiger partial charge in [-0.15, -0.1) is 0 Å². The van der Waals surface area contributed by atoms with E-state index in [9.17, 15) is 0 Å². The first-order chi connectivity index (χ1) is 7.52. The maximum absolute atomic E-state index is 2.45. The van der Waals surface area contributed by atoms with Crippen molar-refractivity contribution in [2.24, 2.45) is 0 Å². The van der Waals surface area contributed by atoms with Crippen molar-refractivity contribution in [1.29, 1.82) is 0 Å². The van der Waals surface area contributed by atoms with E-state index >= 15 is 0 Å². The van der Waals surface area contributed by atoms with E-state index in [0.29, 0.717) is 10.3 Å². The molecule has 0 atom stereocenters. The van der Waals surface area contributed by atoms with Gasteiger partial charge in [-0.1, -0.05) is 76.4 Å². The predicted molar refractivity (Wildman–Crippen MR) is 91.9 cm³/mol. The third-order valence-corrected chi connectivity index (χ3v) is 22.8. The van der Waals surface area contributed by atoms with E-state index in [1.807, 2.05) is 7.56 Å². The van der Waals surface area contributed by atoms with Gasteiger partial charge in [0.05, 0.1) is 0 Å². The molecule has 0 aromatic heterocycles. The number of hydrogen-bond donors (Lipinski definition) is 0. The van der Waals surface area contributed by atoms with Crippen molar-refractivity contribution < 1.29 is 0 Å². The molecule has 0 unspecified atom stereocenters. The molecule has 0 aliphatic carbocycles. The highest BCUT2D eigenvalue weighted by Gasteiger charge is 2.34. The van der Waals surface area contributed by atoms with Gasteiger partial charge in [0.15, 0.2) is 0 Å². The molecular weight excluding hydrogens is 261 g/mol. The van der Waals surface area contributed by atoms with Gasteiger partial charge in [-0.25, -0.2) is 0 Å². The SMILES string of the molecule is CCP(CC)(CC)=PP(C(C)(C)C)C(C)(C)C. The van der Waals surface area contributed by atoms with Gasteiger partial charge in [-0.2, -0.15) is 0 Å². The molecular formula is C14H33P3. The average Bonchev–Trinajstić information content (AvgIpc) is 2.17. The molecule has 0 heterocycles. The largest absolute Gasteiger partial charge is 0.0794 e. The third kappa shape index (κ3) is 5.35.